The fraction of sp³-hybridized carbons (Fsp3) is 0.941. The predicted molar refractivity (Wildman–Crippen MR) is 83.1 cm³/mol. The van der Waals surface area contributed by atoms with Gasteiger partial charge in [-0.2, -0.15) is 0 Å². The van der Waals surface area contributed by atoms with Crippen molar-refractivity contribution >= 4 is 5.97 Å². The summed E-state index contributed by atoms with van der Waals surface area (Å²) in [5.41, 5.74) is 0. The Morgan fingerprint density at radius 3 is 2.33 bits per heavy atom. The first-order valence-corrected chi connectivity index (χ1v) is 8.63. The van der Waals surface area contributed by atoms with Crippen molar-refractivity contribution in [2.24, 2.45) is 0 Å². The average Bonchev–Trinajstić information content (AvgIpc) is 3.19. The molecule has 3 unspecified atom stereocenters. The third-order valence-corrected chi connectivity index (χ3v) is 3.99. The van der Waals surface area contributed by atoms with Crippen LogP contribution in [-0.2, 0) is 14.3 Å². The molecular weight excluding hydrogens is 268 g/mol. The van der Waals surface area contributed by atoms with Crippen LogP contribution in [0.1, 0.15) is 78.1 Å². The van der Waals surface area contributed by atoms with Crippen molar-refractivity contribution in [3.63, 3.8) is 0 Å². The number of hydrogen-bond acceptors (Lipinski definition) is 4. The Balaban J connectivity index is 1.89. The van der Waals surface area contributed by atoms with Crippen LogP contribution < -0.4 is 0 Å². The molecule has 1 N–H and O–H groups in total. The lowest BCUT2D eigenvalue weighted by Gasteiger charge is -2.08. The minimum Gasteiger partial charge on any atom is -0.460 e. The molecule has 3 atom stereocenters. The second kappa shape index (κ2) is 11.0. The van der Waals surface area contributed by atoms with Crippen LogP contribution >= 0.6 is 0 Å². The molecular formula is C17H32O4. The Morgan fingerprint density at radius 1 is 1.10 bits per heavy atom. The highest BCUT2D eigenvalue weighted by atomic mass is 16.6. The van der Waals surface area contributed by atoms with Crippen molar-refractivity contribution in [2.45, 2.75) is 96.4 Å². The number of aliphatic hydroxyl groups is 1. The first kappa shape index (κ1) is 18.4. The molecule has 1 rings (SSSR count). The van der Waals surface area contributed by atoms with E-state index in [2.05, 4.69) is 6.92 Å². The zero-order valence-electron chi connectivity index (χ0n) is 13.7. The van der Waals surface area contributed by atoms with Crippen molar-refractivity contribution < 1.29 is 19.4 Å². The van der Waals surface area contributed by atoms with Crippen molar-refractivity contribution in [1.29, 1.82) is 0 Å². The molecule has 0 aromatic carbocycles. The maximum atomic E-state index is 11.5. The SMILES string of the molecule is CCCCCCCCCCC1OC1CC(=O)OC(C)CO. The van der Waals surface area contributed by atoms with Gasteiger partial charge in [0.25, 0.3) is 0 Å². The van der Waals surface area contributed by atoms with Gasteiger partial charge in [0.05, 0.1) is 25.2 Å². The Hall–Kier alpha value is -0.610. The quantitative estimate of drug-likeness (QED) is 0.321. The number of carbonyl (C=O) groups is 1. The number of carbonyl (C=O) groups excluding carboxylic acids is 1. The van der Waals surface area contributed by atoms with E-state index in [1.165, 1.54) is 51.4 Å². The van der Waals surface area contributed by atoms with E-state index >= 15 is 0 Å². The number of rotatable bonds is 13. The molecule has 0 aliphatic carbocycles. The van der Waals surface area contributed by atoms with Crippen LogP contribution in [0.3, 0.4) is 0 Å². The average molecular weight is 300 g/mol. The molecule has 0 bridgehead atoms. The molecule has 21 heavy (non-hydrogen) atoms. The molecule has 0 aromatic rings. The summed E-state index contributed by atoms with van der Waals surface area (Å²) in [5.74, 6) is -0.264. The second-order valence-electron chi connectivity index (χ2n) is 6.16. The smallest absolute Gasteiger partial charge is 0.308 e. The Bertz CT molecular complexity index is 280. The highest BCUT2D eigenvalue weighted by Gasteiger charge is 2.40. The maximum Gasteiger partial charge on any atom is 0.308 e. The van der Waals surface area contributed by atoms with E-state index in [-0.39, 0.29) is 24.8 Å². The van der Waals surface area contributed by atoms with E-state index in [4.69, 9.17) is 14.6 Å². The first-order valence-electron chi connectivity index (χ1n) is 8.63. The summed E-state index contributed by atoms with van der Waals surface area (Å²) in [6, 6.07) is 0. The number of esters is 1. The van der Waals surface area contributed by atoms with Crippen LogP contribution in [0, 0.1) is 0 Å². The largest absolute Gasteiger partial charge is 0.460 e. The Morgan fingerprint density at radius 2 is 1.71 bits per heavy atom. The van der Waals surface area contributed by atoms with Crippen LogP contribution in [0.25, 0.3) is 0 Å². The third kappa shape index (κ3) is 9.10. The van der Waals surface area contributed by atoms with Crippen LogP contribution in [0.15, 0.2) is 0 Å². The van der Waals surface area contributed by atoms with Gasteiger partial charge >= 0.3 is 5.97 Å². The third-order valence-electron chi connectivity index (χ3n) is 3.99. The van der Waals surface area contributed by atoms with Crippen LogP contribution in [-0.4, -0.2) is 36.0 Å². The van der Waals surface area contributed by atoms with E-state index in [1.54, 1.807) is 6.92 Å². The van der Waals surface area contributed by atoms with Gasteiger partial charge in [0.1, 0.15) is 6.10 Å². The second-order valence-corrected chi connectivity index (χ2v) is 6.16. The molecule has 1 aliphatic rings. The van der Waals surface area contributed by atoms with Gasteiger partial charge in [-0.05, 0) is 13.3 Å². The molecule has 0 spiro atoms. The molecule has 0 aromatic heterocycles. The van der Waals surface area contributed by atoms with Crippen LogP contribution in [0.2, 0.25) is 0 Å². The highest BCUT2D eigenvalue weighted by Crippen LogP contribution is 2.30. The van der Waals surface area contributed by atoms with E-state index < -0.39 is 6.10 Å². The molecule has 4 nitrogen and oxygen atoms in total. The maximum absolute atomic E-state index is 11.5. The topological polar surface area (TPSA) is 59.1 Å². The number of aliphatic hydroxyl groups excluding tert-OH is 1. The van der Waals surface area contributed by atoms with Gasteiger partial charge in [-0.1, -0.05) is 58.3 Å². The number of epoxide rings is 1. The van der Waals surface area contributed by atoms with Crippen molar-refractivity contribution in [3.8, 4) is 0 Å². The summed E-state index contributed by atoms with van der Waals surface area (Å²) >= 11 is 0. The standard InChI is InChI=1S/C17H32O4/c1-3-4-5-6-7-8-9-10-11-15-16(21-15)12-17(19)20-14(2)13-18/h14-16,18H,3-13H2,1-2H3. The Kier molecular flexibility index (Phi) is 9.68. The summed E-state index contributed by atoms with van der Waals surface area (Å²) in [4.78, 5) is 11.5. The first-order chi connectivity index (χ1) is 10.2. The number of unbranched alkanes of at least 4 members (excludes halogenated alkanes) is 7. The van der Waals surface area contributed by atoms with Gasteiger partial charge < -0.3 is 14.6 Å². The van der Waals surface area contributed by atoms with E-state index in [9.17, 15) is 4.79 Å². The summed E-state index contributed by atoms with van der Waals surface area (Å²) in [6.07, 6.45) is 11.8. The molecule has 1 heterocycles. The molecule has 1 saturated heterocycles. The number of hydrogen-bond donors (Lipinski definition) is 1. The summed E-state index contributed by atoms with van der Waals surface area (Å²) < 4.78 is 10.5. The van der Waals surface area contributed by atoms with Gasteiger partial charge in [0.2, 0.25) is 0 Å². The lowest BCUT2D eigenvalue weighted by atomic mass is 10.1. The monoisotopic (exact) mass is 300 g/mol. The fourth-order valence-electron chi connectivity index (χ4n) is 2.57. The molecule has 4 heteroatoms. The van der Waals surface area contributed by atoms with E-state index in [1.807, 2.05) is 0 Å². The van der Waals surface area contributed by atoms with Gasteiger partial charge in [0.15, 0.2) is 0 Å². The lowest BCUT2D eigenvalue weighted by Crippen LogP contribution is -2.19. The van der Waals surface area contributed by atoms with Gasteiger partial charge in [-0.15, -0.1) is 0 Å². The molecule has 0 saturated carbocycles. The Labute approximate surface area is 129 Å². The lowest BCUT2D eigenvalue weighted by molar-refractivity contribution is -0.150. The van der Waals surface area contributed by atoms with Crippen LogP contribution in [0.5, 0.6) is 0 Å². The molecule has 0 amide bonds. The van der Waals surface area contributed by atoms with Crippen molar-refractivity contribution in [1.82, 2.24) is 0 Å². The minimum absolute atomic E-state index is 0.0490. The van der Waals surface area contributed by atoms with E-state index in [0.29, 0.717) is 6.42 Å². The summed E-state index contributed by atoms with van der Waals surface area (Å²) in [5, 5.41) is 8.81. The predicted octanol–water partition coefficient (Wildman–Crippen LogP) is 3.60. The van der Waals surface area contributed by atoms with Crippen molar-refractivity contribution in [2.75, 3.05) is 6.61 Å². The molecule has 124 valence electrons. The fourth-order valence-corrected chi connectivity index (χ4v) is 2.57. The van der Waals surface area contributed by atoms with E-state index in [0.717, 1.165) is 6.42 Å². The van der Waals surface area contributed by atoms with Gasteiger partial charge in [0, 0.05) is 0 Å². The summed E-state index contributed by atoms with van der Waals surface area (Å²) in [6.45, 7) is 3.80. The minimum atomic E-state index is -0.414. The molecule has 0 radical (unpaired) electrons. The van der Waals surface area contributed by atoms with Gasteiger partial charge in [-0.3, -0.25) is 4.79 Å². The molecule has 1 fully saturated rings. The normalized spacial score (nSPS) is 22.0. The molecule has 1 aliphatic heterocycles. The number of ether oxygens (including phenoxy) is 2. The van der Waals surface area contributed by atoms with Crippen molar-refractivity contribution in [3.05, 3.63) is 0 Å². The zero-order valence-corrected chi connectivity index (χ0v) is 13.7. The summed E-state index contributed by atoms with van der Waals surface area (Å²) in [7, 11) is 0. The van der Waals surface area contributed by atoms with Crippen LogP contribution in [0.4, 0.5) is 0 Å². The zero-order chi connectivity index (χ0) is 15.5. The van der Waals surface area contributed by atoms with Gasteiger partial charge in [-0.25, -0.2) is 0 Å². The highest BCUT2D eigenvalue weighted by molar-refractivity contribution is 5.70.